The molecule has 0 radical (unpaired) electrons. The quantitative estimate of drug-likeness (QED) is 0.850. The molecule has 1 aromatic heterocycles. The van der Waals surface area contributed by atoms with E-state index in [-0.39, 0.29) is 19.4 Å². The summed E-state index contributed by atoms with van der Waals surface area (Å²) in [7, 11) is 0. The van der Waals surface area contributed by atoms with Crippen LogP contribution in [0.2, 0.25) is 0 Å². The fraction of sp³-hybridized carbons (Fsp3) is 0.545. The van der Waals surface area contributed by atoms with E-state index in [9.17, 15) is 18.0 Å². The monoisotopic (exact) mass is 265 g/mol. The van der Waals surface area contributed by atoms with Crippen LogP contribution in [0, 0.1) is 0 Å². The van der Waals surface area contributed by atoms with Gasteiger partial charge in [-0.1, -0.05) is 0 Å². The molecule has 0 atom stereocenters. The summed E-state index contributed by atoms with van der Waals surface area (Å²) in [5.41, 5.74) is 0. The molecule has 0 saturated heterocycles. The fourth-order valence-corrected chi connectivity index (χ4v) is 1.47. The molecule has 0 aliphatic carbocycles. The number of amides is 1. The number of aliphatic hydroxyl groups excluding tert-OH is 1. The topological polar surface area (TPSA) is 53.7 Å². The predicted molar refractivity (Wildman–Crippen MR) is 56.7 cm³/mol. The number of carbonyl (C=O) groups is 1. The van der Waals surface area contributed by atoms with Crippen molar-refractivity contribution in [2.24, 2.45) is 0 Å². The van der Waals surface area contributed by atoms with Gasteiger partial charge in [-0.3, -0.25) is 4.79 Å². The van der Waals surface area contributed by atoms with Crippen LogP contribution in [-0.4, -0.2) is 41.8 Å². The van der Waals surface area contributed by atoms with Crippen molar-refractivity contribution in [3.63, 3.8) is 0 Å². The van der Waals surface area contributed by atoms with Gasteiger partial charge in [-0.25, -0.2) is 0 Å². The largest absolute Gasteiger partial charge is 0.469 e. The van der Waals surface area contributed by atoms with E-state index < -0.39 is 25.2 Å². The molecule has 0 spiro atoms. The third kappa shape index (κ3) is 5.22. The van der Waals surface area contributed by atoms with Gasteiger partial charge in [0.05, 0.1) is 12.9 Å². The summed E-state index contributed by atoms with van der Waals surface area (Å²) < 4.78 is 41.6. The molecule has 0 unspecified atom stereocenters. The van der Waals surface area contributed by atoms with Gasteiger partial charge in [0.15, 0.2) is 0 Å². The van der Waals surface area contributed by atoms with Crippen LogP contribution in [0.15, 0.2) is 22.8 Å². The van der Waals surface area contributed by atoms with Gasteiger partial charge in [0, 0.05) is 19.4 Å². The van der Waals surface area contributed by atoms with Crippen molar-refractivity contribution in [1.82, 2.24) is 4.90 Å². The molecule has 0 aliphatic heterocycles. The maximum absolute atomic E-state index is 12.2. The molecule has 18 heavy (non-hydrogen) atoms. The molecule has 4 nitrogen and oxygen atoms in total. The van der Waals surface area contributed by atoms with Gasteiger partial charge in [-0.05, 0) is 12.1 Å². The number of nitrogens with zero attached hydrogens (tertiary/aromatic N) is 1. The summed E-state index contributed by atoms with van der Waals surface area (Å²) >= 11 is 0. The molecule has 1 N–H and O–H groups in total. The summed E-state index contributed by atoms with van der Waals surface area (Å²) in [6.45, 7) is -2.16. The zero-order chi connectivity index (χ0) is 13.6. The maximum Gasteiger partial charge on any atom is 0.406 e. The van der Waals surface area contributed by atoms with Gasteiger partial charge >= 0.3 is 6.18 Å². The second-order valence-electron chi connectivity index (χ2n) is 3.73. The van der Waals surface area contributed by atoms with Gasteiger partial charge in [0.1, 0.15) is 12.3 Å². The van der Waals surface area contributed by atoms with Crippen molar-refractivity contribution in [2.75, 3.05) is 19.7 Å². The first kappa shape index (κ1) is 14.6. The van der Waals surface area contributed by atoms with Gasteiger partial charge in [0.2, 0.25) is 5.91 Å². The maximum atomic E-state index is 12.2. The third-order valence-corrected chi connectivity index (χ3v) is 2.26. The van der Waals surface area contributed by atoms with E-state index >= 15 is 0 Å². The normalized spacial score (nSPS) is 11.6. The SMILES string of the molecule is O=C(CCc1ccco1)N(CCO)CC(F)(F)F. The van der Waals surface area contributed by atoms with Crippen LogP contribution in [0.4, 0.5) is 13.2 Å². The molecule has 1 heterocycles. The Morgan fingerprint density at radius 1 is 1.44 bits per heavy atom. The molecular weight excluding hydrogens is 251 g/mol. The number of furan rings is 1. The lowest BCUT2D eigenvalue weighted by molar-refractivity contribution is -0.162. The highest BCUT2D eigenvalue weighted by atomic mass is 19.4. The summed E-state index contributed by atoms with van der Waals surface area (Å²) in [6.07, 6.45) is -2.87. The van der Waals surface area contributed by atoms with Crippen molar-refractivity contribution < 1.29 is 27.5 Å². The second kappa shape index (κ2) is 6.44. The molecule has 1 rings (SSSR count). The van der Waals surface area contributed by atoms with E-state index in [1.165, 1.54) is 6.26 Å². The summed E-state index contributed by atoms with van der Waals surface area (Å²) in [4.78, 5) is 12.2. The molecule has 1 amide bonds. The minimum Gasteiger partial charge on any atom is -0.469 e. The number of aryl methyl sites for hydroxylation is 1. The van der Waals surface area contributed by atoms with Gasteiger partial charge in [-0.2, -0.15) is 13.2 Å². The second-order valence-corrected chi connectivity index (χ2v) is 3.73. The van der Waals surface area contributed by atoms with Crippen molar-refractivity contribution >= 4 is 5.91 Å². The number of hydrogen-bond donors (Lipinski definition) is 1. The number of rotatable bonds is 6. The molecule has 102 valence electrons. The minimum atomic E-state index is -4.46. The Morgan fingerprint density at radius 3 is 2.67 bits per heavy atom. The van der Waals surface area contributed by atoms with Crippen LogP contribution >= 0.6 is 0 Å². The standard InChI is InChI=1S/C11H14F3NO3/c12-11(13,14)8-15(5-6-16)10(17)4-3-9-2-1-7-18-9/h1-2,7,16H,3-6,8H2. The zero-order valence-electron chi connectivity index (χ0n) is 9.61. The minimum absolute atomic E-state index is 0.0798. The molecule has 1 aromatic rings. The highest BCUT2D eigenvalue weighted by Crippen LogP contribution is 2.17. The predicted octanol–water partition coefficient (Wildman–Crippen LogP) is 1.60. The number of alkyl halides is 3. The van der Waals surface area contributed by atoms with E-state index in [1.54, 1.807) is 12.1 Å². The average Bonchev–Trinajstić information content (AvgIpc) is 2.76. The van der Waals surface area contributed by atoms with Crippen molar-refractivity contribution in [3.05, 3.63) is 24.2 Å². The number of carbonyl (C=O) groups excluding carboxylic acids is 1. The molecule has 0 bridgehead atoms. The van der Waals surface area contributed by atoms with Crippen molar-refractivity contribution in [3.8, 4) is 0 Å². The summed E-state index contributed by atoms with van der Waals surface area (Å²) in [5.74, 6) is -0.114. The van der Waals surface area contributed by atoms with Crippen LogP contribution < -0.4 is 0 Å². The van der Waals surface area contributed by atoms with E-state index in [1.807, 2.05) is 0 Å². The number of halogens is 3. The molecular formula is C11H14F3NO3. The van der Waals surface area contributed by atoms with Crippen LogP contribution in [0.5, 0.6) is 0 Å². The highest BCUT2D eigenvalue weighted by Gasteiger charge is 2.32. The Labute approximate surface area is 102 Å². The Kier molecular flexibility index (Phi) is 5.21. The Balaban J connectivity index is 2.48. The summed E-state index contributed by atoms with van der Waals surface area (Å²) in [6, 6.07) is 3.29. The average molecular weight is 265 g/mol. The van der Waals surface area contributed by atoms with Crippen LogP contribution in [-0.2, 0) is 11.2 Å². The zero-order valence-corrected chi connectivity index (χ0v) is 9.61. The lowest BCUT2D eigenvalue weighted by atomic mass is 10.2. The third-order valence-electron chi connectivity index (χ3n) is 2.26. The van der Waals surface area contributed by atoms with E-state index in [2.05, 4.69) is 0 Å². The first-order valence-electron chi connectivity index (χ1n) is 5.40. The first-order chi connectivity index (χ1) is 8.42. The summed E-state index contributed by atoms with van der Waals surface area (Å²) in [5, 5.41) is 8.65. The smallest absolute Gasteiger partial charge is 0.406 e. The number of aliphatic hydroxyl groups is 1. The van der Waals surface area contributed by atoms with E-state index in [0.29, 0.717) is 10.7 Å². The van der Waals surface area contributed by atoms with Crippen molar-refractivity contribution in [1.29, 1.82) is 0 Å². The Morgan fingerprint density at radius 2 is 2.17 bits per heavy atom. The molecule has 0 saturated carbocycles. The van der Waals surface area contributed by atoms with Gasteiger partial charge < -0.3 is 14.4 Å². The Hall–Kier alpha value is -1.50. The Bertz CT molecular complexity index is 362. The molecule has 0 aromatic carbocycles. The fourth-order valence-electron chi connectivity index (χ4n) is 1.47. The molecule has 0 fully saturated rings. The van der Waals surface area contributed by atoms with E-state index in [0.717, 1.165) is 0 Å². The van der Waals surface area contributed by atoms with Crippen LogP contribution in [0.25, 0.3) is 0 Å². The van der Waals surface area contributed by atoms with Crippen molar-refractivity contribution in [2.45, 2.75) is 19.0 Å². The van der Waals surface area contributed by atoms with Gasteiger partial charge in [0.25, 0.3) is 0 Å². The first-order valence-corrected chi connectivity index (χ1v) is 5.40. The highest BCUT2D eigenvalue weighted by molar-refractivity contribution is 5.76. The molecule has 0 aliphatic rings. The lowest BCUT2D eigenvalue weighted by Gasteiger charge is -2.22. The van der Waals surface area contributed by atoms with Gasteiger partial charge in [-0.15, -0.1) is 0 Å². The molecule has 7 heteroatoms. The van der Waals surface area contributed by atoms with E-state index in [4.69, 9.17) is 9.52 Å². The lowest BCUT2D eigenvalue weighted by Crippen LogP contribution is -2.40. The van der Waals surface area contributed by atoms with Crippen LogP contribution in [0.3, 0.4) is 0 Å². The van der Waals surface area contributed by atoms with Crippen LogP contribution in [0.1, 0.15) is 12.2 Å². The number of hydrogen-bond acceptors (Lipinski definition) is 3.